The second-order valence-corrected chi connectivity index (χ2v) is 7.66. The molecule has 0 spiro atoms. The third-order valence-corrected chi connectivity index (χ3v) is 4.61. The summed E-state index contributed by atoms with van der Waals surface area (Å²) < 4.78 is 13.3. The third kappa shape index (κ3) is 5.55. The first-order valence-electron chi connectivity index (χ1n) is 7.45. The van der Waals surface area contributed by atoms with E-state index >= 15 is 0 Å². The number of ether oxygens (including phenoxy) is 2. The van der Waals surface area contributed by atoms with Crippen molar-refractivity contribution in [3.63, 3.8) is 0 Å². The standard InChI is InChI=1S/C16H23Br2NO2/c1-11(2)7-19-8-13-5-14(17)16(15(18)6-13)21-10-12-3-4-20-9-12/h5-6,11-12,19H,3-4,7-10H2,1-2H3. The van der Waals surface area contributed by atoms with E-state index in [1.54, 1.807) is 0 Å². The molecule has 1 atom stereocenters. The minimum atomic E-state index is 0.510. The highest BCUT2D eigenvalue weighted by molar-refractivity contribution is 9.11. The Morgan fingerprint density at radius 2 is 2.05 bits per heavy atom. The van der Waals surface area contributed by atoms with Gasteiger partial charge in [0.1, 0.15) is 5.75 Å². The Morgan fingerprint density at radius 1 is 1.33 bits per heavy atom. The molecule has 2 rings (SSSR count). The second kappa shape index (κ2) is 8.51. The van der Waals surface area contributed by atoms with Crippen LogP contribution in [0.3, 0.4) is 0 Å². The summed E-state index contributed by atoms with van der Waals surface area (Å²) in [5, 5.41) is 3.45. The molecule has 1 heterocycles. The molecule has 0 saturated carbocycles. The van der Waals surface area contributed by atoms with Crippen LogP contribution in [0.4, 0.5) is 0 Å². The Hall–Kier alpha value is -0.100. The van der Waals surface area contributed by atoms with Gasteiger partial charge in [0.15, 0.2) is 0 Å². The van der Waals surface area contributed by atoms with Gasteiger partial charge < -0.3 is 14.8 Å². The molecule has 1 aliphatic heterocycles. The number of halogens is 2. The van der Waals surface area contributed by atoms with Crippen molar-refractivity contribution in [2.75, 3.05) is 26.4 Å². The van der Waals surface area contributed by atoms with Crippen molar-refractivity contribution >= 4 is 31.9 Å². The van der Waals surface area contributed by atoms with Crippen LogP contribution in [-0.4, -0.2) is 26.4 Å². The van der Waals surface area contributed by atoms with Crippen LogP contribution >= 0.6 is 31.9 Å². The lowest BCUT2D eigenvalue weighted by molar-refractivity contribution is 0.166. The summed E-state index contributed by atoms with van der Waals surface area (Å²) in [6.45, 7) is 8.69. The first-order valence-corrected chi connectivity index (χ1v) is 9.04. The fourth-order valence-corrected chi connectivity index (χ4v) is 3.78. The van der Waals surface area contributed by atoms with E-state index in [-0.39, 0.29) is 0 Å². The highest BCUT2D eigenvalue weighted by Gasteiger charge is 2.18. The van der Waals surface area contributed by atoms with Crippen molar-refractivity contribution in [2.45, 2.75) is 26.8 Å². The summed E-state index contributed by atoms with van der Waals surface area (Å²) in [5.74, 6) is 2.05. The van der Waals surface area contributed by atoms with Crippen LogP contribution in [0, 0.1) is 11.8 Å². The lowest BCUT2D eigenvalue weighted by atomic mass is 10.1. The van der Waals surface area contributed by atoms with Gasteiger partial charge >= 0.3 is 0 Å². The van der Waals surface area contributed by atoms with E-state index in [1.807, 2.05) is 0 Å². The van der Waals surface area contributed by atoms with Crippen molar-refractivity contribution in [1.29, 1.82) is 0 Å². The number of hydrogen-bond donors (Lipinski definition) is 1. The Kier molecular flexibility index (Phi) is 6.99. The molecule has 1 fully saturated rings. The molecule has 0 aromatic heterocycles. The normalized spacial score (nSPS) is 18.4. The molecule has 0 aliphatic carbocycles. The van der Waals surface area contributed by atoms with Gasteiger partial charge in [-0.15, -0.1) is 0 Å². The zero-order valence-corrected chi connectivity index (χ0v) is 15.8. The zero-order chi connectivity index (χ0) is 15.2. The largest absolute Gasteiger partial charge is 0.491 e. The maximum atomic E-state index is 5.96. The van der Waals surface area contributed by atoms with Gasteiger partial charge in [0, 0.05) is 19.1 Å². The van der Waals surface area contributed by atoms with Gasteiger partial charge in [-0.3, -0.25) is 0 Å². The van der Waals surface area contributed by atoms with Gasteiger partial charge in [-0.25, -0.2) is 0 Å². The maximum Gasteiger partial charge on any atom is 0.147 e. The molecule has 1 unspecified atom stereocenters. The van der Waals surface area contributed by atoms with Crippen molar-refractivity contribution in [2.24, 2.45) is 11.8 Å². The molecule has 118 valence electrons. The lowest BCUT2D eigenvalue weighted by Gasteiger charge is -2.15. The number of nitrogens with one attached hydrogen (secondary N) is 1. The molecule has 1 aliphatic rings. The summed E-state index contributed by atoms with van der Waals surface area (Å²) in [6, 6.07) is 4.25. The summed E-state index contributed by atoms with van der Waals surface area (Å²) in [5.41, 5.74) is 1.24. The summed E-state index contributed by atoms with van der Waals surface area (Å²) >= 11 is 7.23. The monoisotopic (exact) mass is 419 g/mol. The second-order valence-electron chi connectivity index (χ2n) is 5.95. The summed E-state index contributed by atoms with van der Waals surface area (Å²) in [4.78, 5) is 0. The average molecular weight is 421 g/mol. The molecule has 0 bridgehead atoms. The topological polar surface area (TPSA) is 30.5 Å². The molecule has 21 heavy (non-hydrogen) atoms. The molecule has 1 aromatic carbocycles. The van der Waals surface area contributed by atoms with Gasteiger partial charge in [-0.2, -0.15) is 0 Å². The van der Waals surface area contributed by atoms with Crippen molar-refractivity contribution < 1.29 is 9.47 Å². The number of rotatable bonds is 7. The van der Waals surface area contributed by atoms with Crippen molar-refractivity contribution in [1.82, 2.24) is 5.32 Å². The van der Waals surface area contributed by atoms with Crippen LogP contribution in [0.1, 0.15) is 25.8 Å². The minimum absolute atomic E-state index is 0.510. The number of benzene rings is 1. The average Bonchev–Trinajstić information content (AvgIpc) is 2.90. The van der Waals surface area contributed by atoms with Crippen LogP contribution in [0.5, 0.6) is 5.75 Å². The maximum absolute atomic E-state index is 5.96. The molecule has 0 amide bonds. The SMILES string of the molecule is CC(C)CNCc1cc(Br)c(OCC2CCOC2)c(Br)c1. The summed E-state index contributed by atoms with van der Waals surface area (Å²) in [7, 11) is 0. The van der Waals surface area contributed by atoms with Crippen LogP contribution in [0.2, 0.25) is 0 Å². The third-order valence-electron chi connectivity index (χ3n) is 3.43. The van der Waals surface area contributed by atoms with E-state index in [9.17, 15) is 0 Å². The van der Waals surface area contributed by atoms with E-state index in [1.165, 1.54) is 5.56 Å². The summed E-state index contributed by atoms with van der Waals surface area (Å²) in [6.07, 6.45) is 1.09. The van der Waals surface area contributed by atoms with Crippen LogP contribution in [0.25, 0.3) is 0 Å². The van der Waals surface area contributed by atoms with E-state index in [4.69, 9.17) is 9.47 Å². The highest BCUT2D eigenvalue weighted by atomic mass is 79.9. The van der Waals surface area contributed by atoms with Crippen molar-refractivity contribution in [3.05, 3.63) is 26.6 Å². The molecule has 1 saturated heterocycles. The zero-order valence-electron chi connectivity index (χ0n) is 12.6. The Balaban J connectivity index is 1.92. The Labute approximate surface area is 144 Å². The van der Waals surface area contributed by atoms with Crippen LogP contribution < -0.4 is 10.1 Å². The van der Waals surface area contributed by atoms with Crippen molar-refractivity contribution in [3.8, 4) is 5.75 Å². The molecule has 1 N–H and O–H groups in total. The molecular weight excluding hydrogens is 398 g/mol. The van der Waals surface area contributed by atoms with E-state index in [0.717, 1.165) is 47.4 Å². The number of hydrogen-bond acceptors (Lipinski definition) is 3. The van der Waals surface area contributed by atoms with E-state index in [0.29, 0.717) is 18.4 Å². The first kappa shape index (κ1) is 17.3. The van der Waals surface area contributed by atoms with Gasteiger partial charge in [-0.1, -0.05) is 13.8 Å². The smallest absolute Gasteiger partial charge is 0.147 e. The predicted molar refractivity (Wildman–Crippen MR) is 92.8 cm³/mol. The Bertz CT molecular complexity index is 437. The molecule has 3 nitrogen and oxygen atoms in total. The molecule has 1 aromatic rings. The first-order chi connectivity index (χ1) is 10.1. The highest BCUT2D eigenvalue weighted by Crippen LogP contribution is 2.35. The van der Waals surface area contributed by atoms with Crippen LogP contribution in [0.15, 0.2) is 21.1 Å². The fourth-order valence-electron chi connectivity index (χ4n) is 2.27. The Morgan fingerprint density at radius 3 is 2.62 bits per heavy atom. The van der Waals surface area contributed by atoms with E-state index < -0.39 is 0 Å². The van der Waals surface area contributed by atoms with E-state index in [2.05, 4.69) is 63.2 Å². The van der Waals surface area contributed by atoms with Gasteiger partial charge in [0.2, 0.25) is 0 Å². The predicted octanol–water partition coefficient (Wildman–Crippen LogP) is 4.37. The molecule has 0 radical (unpaired) electrons. The lowest BCUT2D eigenvalue weighted by Crippen LogP contribution is -2.19. The molecular formula is C16H23Br2NO2. The van der Waals surface area contributed by atoms with Gasteiger partial charge in [0.05, 0.1) is 22.2 Å². The van der Waals surface area contributed by atoms with Gasteiger partial charge in [0.25, 0.3) is 0 Å². The molecule has 5 heteroatoms. The van der Waals surface area contributed by atoms with Gasteiger partial charge in [-0.05, 0) is 68.4 Å². The quantitative estimate of drug-likeness (QED) is 0.710. The fraction of sp³-hybridized carbons (Fsp3) is 0.625. The van der Waals surface area contributed by atoms with Crippen LogP contribution in [-0.2, 0) is 11.3 Å². The minimum Gasteiger partial charge on any atom is -0.491 e.